The van der Waals surface area contributed by atoms with Crippen molar-refractivity contribution in [1.29, 1.82) is 0 Å². The van der Waals surface area contributed by atoms with Crippen LogP contribution >= 0.6 is 0 Å². The Morgan fingerprint density at radius 3 is 2.65 bits per heavy atom. The Kier molecular flexibility index (Phi) is 6.72. The molecule has 2 amide bonds. The van der Waals surface area contributed by atoms with Crippen LogP contribution in [0.2, 0.25) is 0 Å². The van der Waals surface area contributed by atoms with Crippen molar-refractivity contribution >= 4 is 28.9 Å². The summed E-state index contributed by atoms with van der Waals surface area (Å²) in [5.41, 5.74) is 3.18. The lowest BCUT2D eigenvalue weighted by atomic mass is 10.1. The molecule has 1 unspecified atom stereocenters. The highest BCUT2D eigenvalue weighted by Gasteiger charge is 2.29. The van der Waals surface area contributed by atoms with E-state index in [4.69, 9.17) is 9.47 Å². The van der Waals surface area contributed by atoms with Crippen LogP contribution in [0.1, 0.15) is 31.2 Å². The predicted molar refractivity (Wildman–Crippen MR) is 121 cm³/mol. The number of benzene rings is 2. The number of carbonyl (C=O) groups excluding carboxylic acids is 2. The highest BCUT2D eigenvalue weighted by atomic mass is 16.5. The molecule has 3 N–H and O–H groups in total. The van der Waals surface area contributed by atoms with Gasteiger partial charge in [0.15, 0.2) is 0 Å². The largest absolute Gasteiger partial charge is 0.491 e. The van der Waals surface area contributed by atoms with Crippen molar-refractivity contribution in [2.45, 2.75) is 38.7 Å². The first-order valence-corrected chi connectivity index (χ1v) is 10.9. The first-order valence-electron chi connectivity index (χ1n) is 10.9. The maximum atomic E-state index is 12.4. The average Bonchev–Trinajstić information content (AvgIpc) is 3.49. The van der Waals surface area contributed by atoms with Gasteiger partial charge in [0.2, 0.25) is 11.8 Å². The SMILES string of the molecule is Cc1c(NCC(=O)Nc2cccc(OCC3CCCO3)c2)cccc1NC(=O)C1CC1. The van der Waals surface area contributed by atoms with E-state index >= 15 is 0 Å². The Morgan fingerprint density at radius 1 is 1.06 bits per heavy atom. The summed E-state index contributed by atoms with van der Waals surface area (Å²) in [6.45, 7) is 3.36. The Balaban J connectivity index is 1.28. The van der Waals surface area contributed by atoms with Crippen LogP contribution in [0.15, 0.2) is 42.5 Å². The molecular weight excluding hydrogens is 394 g/mol. The van der Waals surface area contributed by atoms with Gasteiger partial charge in [-0.25, -0.2) is 0 Å². The standard InChI is InChI=1S/C24H29N3O4/c1-16-21(8-3-9-22(16)27-24(29)17-10-11-17)25-14-23(28)26-18-5-2-6-19(13-18)31-15-20-7-4-12-30-20/h2-3,5-6,8-9,13,17,20,25H,4,7,10-12,14-15H2,1H3,(H,26,28)(H,27,29). The van der Waals surface area contributed by atoms with Crippen LogP contribution in [0.3, 0.4) is 0 Å². The van der Waals surface area contributed by atoms with Crippen molar-refractivity contribution in [3.05, 3.63) is 48.0 Å². The van der Waals surface area contributed by atoms with Gasteiger partial charge in [-0.1, -0.05) is 12.1 Å². The maximum Gasteiger partial charge on any atom is 0.243 e. The van der Waals surface area contributed by atoms with Gasteiger partial charge in [0.25, 0.3) is 0 Å². The Bertz CT molecular complexity index is 936. The Hall–Kier alpha value is -3.06. The third-order valence-electron chi connectivity index (χ3n) is 5.56. The summed E-state index contributed by atoms with van der Waals surface area (Å²) in [6.07, 6.45) is 4.17. The smallest absolute Gasteiger partial charge is 0.243 e. The highest BCUT2D eigenvalue weighted by molar-refractivity contribution is 5.96. The molecular formula is C24H29N3O4. The molecule has 0 aromatic heterocycles. The lowest BCUT2D eigenvalue weighted by Crippen LogP contribution is -2.22. The molecule has 1 aliphatic carbocycles. The number of anilines is 3. The molecule has 2 fully saturated rings. The number of hydrogen-bond acceptors (Lipinski definition) is 5. The van der Waals surface area contributed by atoms with Gasteiger partial charge < -0.3 is 25.4 Å². The first-order chi connectivity index (χ1) is 15.1. The van der Waals surface area contributed by atoms with Crippen molar-refractivity contribution < 1.29 is 19.1 Å². The topological polar surface area (TPSA) is 88.7 Å². The molecule has 1 heterocycles. The normalized spacial score (nSPS) is 17.8. The summed E-state index contributed by atoms with van der Waals surface area (Å²) in [6, 6.07) is 13.0. The van der Waals surface area contributed by atoms with E-state index in [1.807, 2.05) is 49.4 Å². The minimum Gasteiger partial charge on any atom is -0.491 e. The van der Waals surface area contributed by atoms with Crippen molar-refractivity contribution in [2.75, 3.05) is 35.7 Å². The molecule has 1 saturated heterocycles. The fraction of sp³-hybridized carbons (Fsp3) is 0.417. The lowest BCUT2D eigenvalue weighted by Gasteiger charge is -2.15. The summed E-state index contributed by atoms with van der Waals surface area (Å²) in [5.74, 6) is 0.756. The van der Waals surface area contributed by atoms with Crippen LogP contribution < -0.4 is 20.7 Å². The summed E-state index contributed by atoms with van der Waals surface area (Å²) in [7, 11) is 0. The molecule has 4 rings (SSSR count). The summed E-state index contributed by atoms with van der Waals surface area (Å²) < 4.78 is 11.4. The zero-order valence-corrected chi connectivity index (χ0v) is 17.8. The van der Waals surface area contributed by atoms with E-state index in [-0.39, 0.29) is 30.4 Å². The zero-order chi connectivity index (χ0) is 21.6. The van der Waals surface area contributed by atoms with E-state index in [2.05, 4.69) is 16.0 Å². The predicted octanol–water partition coefficient (Wildman–Crippen LogP) is 3.95. The summed E-state index contributed by atoms with van der Waals surface area (Å²) in [5, 5.41) is 9.02. The van der Waals surface area contributed by atoms with E-state index in [1.54, 1.807) is 0 Å². The molecule has 0 spiro atoms. The molecule has 0 bridgehead atoms. The molecule has 2 aliphatic rings. The molecule has 164 valence electrons. The maximum absolute atomic E-state index is 12.4. The number of carbonyl (C=O) groups is 2. The lowest BCUT2D eigenvalue weighted by molar-refractivity contribution is -0.117. The van der Waals surface area contributed by atoms with Crippen molar-refractivity contribution in [3.8, 4) is 5.75 Å². The number of hydrogen-bond donors (Lipinski definition) is 3. The molecule has 1 saturated carbocycles. The third kappa shape index (κ3) is 5.98. The fourth-order valence-corrected chi connectivity index (χ4v) is 3.55. The minimum atomic E-state index is -0.164. The van der Waals surface area contributed by atoms with Gasteiger partial charge in [0, 0.05) is 35.7 Å². The quantitative estimate of drug-likeness (QED) is 0.568. The van der Waals surface area contributed by atoms with E-state index in [0.717, 1.165) is 49.2 Å². The van der Waals surface area contributed by atoms with Crippen LogP contribution in [0, 0.1) is 12.8 Å². The second-order valence-corrected chi connectivity index (χ2v) is 8.12. The summed E-state index contributed by atoms with van der Waals surface area (Å²) >= 11 is 0. The molecule has 7 heteroatoms. The number of nitrogens with one attached hydrogen (secondary N) is 3. The number of amides is 2. The number of ether oxygens (including phenoxy) is 2. The fourth-order valence-electron chi connectivity index (χ4n) is 3.55. The van der Waals surface area contributed by atoms with E-state index in [1.165, 1.54) is 0 Å². The Labute approximate surface area is 182 Å². The minimum absolute atomic E-state index is 0.0691. The van der Waals surface area contributed by atoms with Crippen molar-refractivity contribution in [1.82, 2.24) is 0 Å². The number of rotatable bonds is 9. The van der Waals surface area contributed by atoms with Crippen LogP contribution in [-0.4, -0.2) is 37.7 Å². The van der Waals surface area contributed by atoms with E-state index in [9.17, 15) is 9.59 Å². The molecule has 7 nitrogen and oxygen atoms in total. The van der Waals surface area contributed by atoms with Gasteiger partial charge in [0.05, 0.1) is 12.6 Å². The molecule has 31 heavy (non-hydrogen) atoms. The zero-order valence-electron chi connectivity index (χ0n) is 17.8. The van der Waals surface area contributed by atoms with Crippen molar-refractivity contribution in [2.24, 2.45) is 5.92 Å². The van der Waals surface area contributed by atoms with Gasteiger partial charge in [-0.3, -0.25) is 9.59 Å². The van der Waals surface area contributed by atoms with E-state index in [0.29, 0.717) is 18.0 Å². The second kappa shape index (κ2) is 9.83. The average molecular weight is 424 g/mol. The van der Waals surface area contributed by atoms with Crippen LogP contribution in [-0.2, 0) is 14.3 Å². The highest BCUT2D eigenvalue weighted by Crippen LogP contribution is 2.31. The van der Waals surface area contributed by atoms with E-state index < -0.39 is 0 Å². The van der Waals surface area contributed by atoms with Crippen LogP contribution in [0.4, 0.5) is 17.1 Å². The second-order valence-electron chi connectivity index (χ2n) is 8.12. The van der Waals surface area contributed by atoms with Gasteiger partial charge in [-0.2, -0.15) is 0 Å². The Morgan fingerprint density at radius 2 is 1.87 bits per heavy atom. The van der Waals surface area contributed by atoms with Crippen LogP contribution in [0.5, 0.6) is 5.75 Å². The van der Waals surface area contributed by atoms with Gasteiger partial charge >= 0.3 is 0 Å². The molecule has 0 radical (unpaired) electrons. The molecule has 2 aromatic rings. The molecule has 1 aliphatic heterocycles. The van der Waals surface area contributed by atoms with Crippen LogP contribution in [0.25, 0.3) is 0 Å². The van der Waals surface area contributed by atoms with Gasteiger partial charge in [-0.15, -0.1) is 0 Å². The third-order valence-corrected chi connectivity index (χ3v) is 5.56. The monoisotopic (exact) mass is 423 g/mol. The summed E-state index contributed by atoms with van der Waals surface area (Å²) in [4.78, 5) is 24.5. The van der Waals surface area contributed by atoms with Gasteiger partial charge in [-0.05, 0) is 62.4 Å². The molecule has 2 aromatic carbocycles. The van der Waals surface area contributed by atoms with Crippen molar-refractivity contribution in [3.63, 3.8) is 0 Å². The molecule has 1 atom stereocenters. The van der Waals surface area contributed by atoms with Gasteiger partial charge in [0.1, 0.15) is 12.4 Å². The first kappa shape index (κ1) is 21.2.